The number of amides is 1. The van der Waals surface area contributed by atoms with Crippen molar-refractivity contribution in [3.63, 3.8) is 0 Å². The number of hydrogen-bond donors (Lipinski definition) is 3. The van der Waals surface area contributed by atoms with E-state index in [1.54, 1.807) is 11.6 Å². The molecule has 0 spiro atoms. The van der Waals surface area contributed by atoms with Crippen LogP contribution >= 0.6 is 0 Å². The standard InChI is InChI=1S/C24H26FN9O2/c1-24(7-8-24)18-11-20(31-30-18)28-21-16-4-3-9-34(16)32-23(29-21)33-13-15(36-2)10-17(33)22(35)27-14-5-6-19(25)26-12-14/h3-6,9,11-12,15,17H,7-8,10,13H2,1-2H3,(H,27,35)(H2,28,29,30,31,32)/t15-,17-/m0/s1. The number of H-pyrrole nitrogens is 1. The van der Waals surface area contributed by atoms with Crippen LogP contribution in [0.3, 0.4) is 0 Å². The Balaban J connectivity index is 1.30. The zero-order valence-electron chi connectivity index (χ0n) is 19.9. The van der Waals surface area contributed by atoms with Gasteiger partial charge in [-0.15, -0.1) is 5.10 Å². The summed E-state index contributed by atoms with van der Waals surface area (Å²) in [5.41, 5.74) is 2.45. The van der Waals surface area contributed by atoms with Crippen LogP contribution in [0.5, 0.6) is 0 Å². The molecule has 5 heterocycles. The number of nitrogens with zero attached hydrogens (tertiary/aromatic N) is 6. The Kier molecular flexibility index (Phi) is 5.32. The predicted octanol–water partition coefficient (Wildman–Crippen LogP) is 3.01. The van der Waals surface area contributed by atoms with Crippen molar-refractivity contribution in [3.05, 3.63) is 54.4 Å². The van der Waals surface area contributed by atoms with Crippen LogP contribution in [0.4, 0.5) is 27.7 Å². The zero-order valence-corrected chi connectivity index (χ0v) is 19.9. The molecule has 0 radical (unpaired) electrons. The third kappa shape index (κ3) is 4.13. The summed E-state index contributed by atoms with van der Waals surface area (Å²) in [4.78, 5) is 23.4. The Morgan fingerprint density at radius 3 is 2.92 bits per heavy atom. The van der Waals surface area contributed by atoms with E-state index in [0.29, 0.717) is 36.2 Å². The van der Waals surface area contributed by atoms with Gasteiger partial charge in [0.25, 0.3) is 0 Å². The maximum Gasteiger partial charge on any atom is 0.247 e. The summed E-state index contributed by atoms with van der Waals surface area (Å²) in [6, 6.07) is 7.89. The first kappa shape index (κ1) is 22.4. The molecule has 1 aliphatic carbocycles. The van der Waals surface area contributed by atoms with Gasteiger partial charge < -0.3 is 20.3 Å². The number of methoxy groups -OCH3 is 1. The fourth-order valence-corrected chi connectivity index (χ4v) is 4.52. The quantitative estimate of drug-likeness (QED) is 0.337. The van der Waals surface area contributed by atoms with Gasteiger partial charge in [0, 0.05) is 43.4 Å². The highest BCUT2D eigenvalue weighted by Crippen LogP contribution is 2.47. The number of aromatic nitrogens is 6. The monoisotopic (exact) mass is 491 g/mol. The minimum Gasteiger partial charge on any atom is -0.380 e. The molecule has 0 unspecified atom stereocenters. The van der Waals surface area contributed by atoms with E-state index in [2.05, 4.69) is 37.8 Å². The maximum atomic E-state index is 13.2. The van der Waals surface area contributed by atoms with Gasteiger partial charge in [0.1, 0.15) is 11.6 Å². The molecule has 1 saturated heterocycles. The largest absolute Gasteiger partial charge is 0.380 e. The second-order valence-electron chi connectivity index (χ2n) is 9.57. The van der Waals surface area contributed by atoms with Crippen LogP contribution in [0.2, 0.25) is 0 Å². The first-order chi connectivity index (χ1) is 17.4. The summed E-state index contributed by atoms with van der Waals surface area (Å²) in [7, 11) is 1.62. The summed E-state index contributed by atoms with van der Waals surface area (Å²) < 4.78 is 20.5. The average molecular weight is 492 g/mol. The molecule has 0 aromatic carbocycles. The van der Waals surface area contributed by atoms with Crippen molar-refractivity contribution in [2.75, 3.05) is 29.2 Å². The molecule has 1 amide bonds. The minimum absolute atomic E-state index is 0.166. The molecule has 2 fully saturated rings. The van der Waals surface area contributed by atoms with Crippen molar-refractivity contribution in [1.29, 1.82) is 0 Å². The molecule has 4 aromatic rings. The maximum absolute atomic E-state index is 13.2. The number of aromatic amines is 1. The number of anilines is 4. The van der Waals surface area contributed by atoms with Gasteiger partial charge in [0.2, 0.25) is 17.8 Å². The molecule has 0 bridgehead atoms. The Morgan fingerprint density at radius 1 is 1.31 bits per heavy atom. The normalized spacial score (nSPS) is 20.6. The molecule has 1 aliphatic heterocycles. The number of carbonyl (C=O) groups is 1. The van der Waals surface area contributed by atoms with E-state index in [9.17, 15) is 9.18 Å². The Morgan fingerprint density at radius 2 is 2.17 bits per heavy atom. The number of halogens is 1. The fraction of sp³-hybridized carbons (Fsp3) is 0.375. The van der Waals surface area contributed by atoms with Crippen LogP contribution in [0.15, 0.2) is 42.7 Å². The van der Waals surface area contributed by atoms with Gasteiger partial charge in [0.15, 0.2) is 11.6 Å². The highest BCUT2D eigenvalue weighted by atomic mass is 19.1. The summed E-state index contributed by atoms with van der Waals surface area (Å²) in [5.74, 6) is 0.733. The van der Waals surface area contributed by atoms with E-state index >= 15 is 0 Å². The topological polar surface area (TPSA) is 125 Å². The molecule has 3 N–H and O–H groups in total. The number of hydrogen-bond acceptors (Lipinski definition) is 8. The molecular formula is C24H26FN9O2. The van der Waals surface area contributed by atoms with Gasteiger partial charge in [-0.1, -0.05) is 6.92 Å². The number of fused-ring (bicyclic) bond motifs is 1. The molecular weight excluding hydrogens is 465 g/mol. The summed E-state index contributed by atoms with van der Waals surface area (Å²) >= 11 is 0. The van der Waals surface area contributed by atoms with Crippen molar-refractivity contribution in [3.8, 4) is 0 Å². The molecule has 6 rings (SSSR count). The van der Waals surface area contributed by atoms with Gasteiger partial charge in [0.05, 0.1) is 18.0 Å². The summed E-state index contributed by atoms with van der Waals surface area (Å²) in [5, 5.41) is 18.3. The molecule has 36 heavy (non-hydrogen) atoms. The van der Waals surface area contributed by atoms with Gasteiger partial charge >= 0.3 is 0 Å². The number of ether oxygens (including phenoxy) is 1. The van der Waals surface area contributed by atoms with Crippen LogP contribution < -0.4 is 15.5 Å². The first-order valence-electron chi connectivity index (χ1n) is 11.8. The highest BCUT2D eigenvalue weighted by molar-refractivity contribution is 5.97. The molecule has 11 nitrogen and oxygen atoms in total. The van der Waals surface area contributed by atoms with Gasteiger partial charge in [-0.25, -0.2) is 9.50 Å². The Bertz CT molecular complexity index is 1410. The fourth-order valence-electron chi connectivity index (χ4n) is 4.52. The SMILES string of the molecule is CO[C@H]1C[C@@H](C(=O)Nc2ccc(F)nc2)N(c2nc(Nc3cc(C4(C)CC4)[nH]n3)c3cccn3n2)C1. The van der Waals surface area contributed by atoms with E-state index in [1.165, 1.54) is 18.3 Å². The van der Waals surface area contributed by atoms with Gasteiger partial charge in [-0.3, -0.25) is 9.89 Å². The van der Waals surface area contributed by atoms with Crippen LogP contribution in [0.25, 0.3) is 5.52 Å². The summed E-state index contributed by atoms with van der Waals surface area (Å²) in [6.45, 7) is 2.65. The number of nitrogens with one attached hydrogen (secondary N) is 3. The van der Waals surface area contributed by atoms with Crippen molar-refractivity contribution < 1.29 is 13.9 Å². The lowest BCUT2D eigenvalue weighted by Gasteiger charge is -2.24. The van der Waals surface area contributed by atoms with E-state index in [1.807, 2.05) is 29.3 Å². The Hall–Kier alpha value is -4.06. The van der Waals surface area contributed by atoms with Gasteiger partial charge in [-0.05, 0) is 37.1 Å². The van der Waals surface area contributed by atoms with Crippen LogP contribution in [-0.4, -0.2) is 61.5 Å². The lowest BCUT2D eigenvalue weighted by molar-refractivity contribution is -0.117. The predicted molar refractivity (Wildman–Crippen MR) is 131 cm³/mol. The van der Waals surface area contributed by atoms with Crippen LogP contribution in [0.1, 0.15) is 31.9 Å². The third-order valence-electron chi connectivity index (χ3n) is 7.00. The summed E-state index contributed by atoms with van der Waals surface area (Å²) in [6.07, 6.45) is 5.67. The molecule has 2 aliphatic rings. The zero-order chi connectivity index (χ0) is 24.9. The second-order valence-corrected chi connectivity index (χ2v) is 9.57. The van der Waals surface area contributed by atoms with Crippen LogP contribution in [0, 0.1) is 5.95 Å². The van der Waals surface area contributed by atoms with Crippen molar-refractivity contribution >= 4 is 34.7 Å². The number of pyridine rings is 1. The highest BCUT2D eigenvalue weighted by Gasteiger charge is 2.41. The molecule has 4 aromatic heterocycles. The lowest BCUT2D eigenvalue weighted by Crippen LogP contribution is -2.41. The van der Waals surface area contributed by atoms with E-state index in [-0.39, 0.29) is 17.4 Å². The number of rotatable bonds is 7. The second kappa shape index (κ2) is 8.55. The smallest absolute Gasteiger partial charge is 0.247 e. The van der Waals surface area contributed by atoms with Crippen molar-refractivity contribution in [2.45, 2.75) is 43.7 Å². The molecule has 1 saturated carbocycles. The average Bonchev–Trinajstić information content (AvgIpc) is 3.29. The molecule has 186 valence electrons. The molecule has 12 heteroatoms. The van der Waals surface area contributed by atoms with Crippen molar-refractivity contribution in [2.24, 2.45) is 0 Å². The number of carbonyl (C=O) groups excluding carboxylic acids is 1. The van der Waals surface area contributed by atoms with E-state index in [4.69, 9.17) is 9.72 Å². The van der Waals surface area contributed by atoms with Crippen molar-refractivity contribution in [1.82, 2.24) is 29.8 Å². The van der Waals surface area contributed by atoms with E-state index < -0.39 is 12.0 Å². The first-order valence-corrected chi connectivity index (χ1v) is 11.8. The van der Waals surface area contributed by atoms with Gasteiger partial charge in [-0.2, -0.15) is 14.5 Å². The van der Waals surface area contributed by atoms with Crippen LogP contribution in [-0.2, 0) is 14.9 Å². The van der Waals surface area contributed by atoms with E-state index in [0.717, 1.165) is 24.1 Å². The molecule has 2 atom stereocenters. The third-order valence-corrected chi connectivity index (χ3v) is 7.00. The lowest BCUT2D eigenvalue weighted by atomic mass is 10.1. The Labute approximate surface area is 206 Å². The minimum atomic E-state index is -0.612.